The van der Waals surface area contributed by atoms with E-state index in [4.69, 9.17) is 10.2 Å². The van der Waals surface area contributed by atoms with Crippen molar-refractivity contribution in [2.45, 2.75) is 37.6 Å². The maximum atomic E-state index is 11.9. The number of Topliss-reactive ketones (excluding diaryl/α,β-unsaturated/α-hetero) is 1. The van der Waals surface area contributed by atoms with Gasteiger partial charge in [-0.3, -0.25) is 14.9 Å². The minimum Gasteiger partial charge on any atom is -0.480 e. The summed E-state index contributed by atoms with van der Waals surface area (Å²) in [4.78, 5) is 23.0. The third kappa shape index (κ3) is 6.89. The van der Waals surface area contributed by atoms with E-state index in [0.717, 1.165) is 0 Å². The van der Waals surface area contributed by atoms with Crippen LogP contribution in [0.1, 0.15) is 25.8 Å². The Bertz CT molecular complexity index is 653. The lowest BCUT2D eigenvalue weighted by Gasteiger charge is -2.15. The monoisotopic (exact) mass is 342 g/mol. The van der Waals surface area contributed by atoms with Crippen LogP contribution < -0.4 is 10.5 Å². The summed E-state index contributed by atoms with van der Waals surface area (Å²) >= 11 is 0. The fraction of sp³-hybridized carbons (Fsp3) is 0.467. The van der Waals surface area contributed by atoms with Crippen molar-refractivity contribution in [3.63, 3.8) is 0 Å². The summed E-state index contributed by atoms with van der Waals surface area (Å²) in [5.74, 6) is -0.961. The molecule has 0 bridgehead atoms. The van der Waals surface area contributed by atoms with Gasteiger partial charge in [-0.05, 0) is 30.0 Å². The average Bonchev–Trinajstić information content (AvgIpc) is 2.42. The van der Waals surface area contributed by atoms with Gasteiger partial charge < -0.3 is 5.11 Å². The third-order valence-electron chi connectivity index (χ3n) is 3.20. The Balaban J connectivity index is 2.58. The van der Waals surface area contributed by atoms with Crippen LogP contribution in [-0.4, -0.2) is 37.9 Å². The van der Waals surface area contributed by atoms with Gasteiger partial charge in [0.1, 0.15) is 6.04 Å². The van der Waals surface area contributed by atoms with Gasteiger partial charge in [-0.2, -0.15) is 0 Å². The lowest BCUT2D eigenvalue weighted by Crippen LogP contribution is -2.40. The molecule has 7 nitrogen and oxygen atoms in total. The van der Waals surface area contributed by atoms with Crippen LogP contribution in [0.25, 0.3) is 0 Å². The molecule has 0 saturated carbocycles. The van der Waals surface area contributed by atoms with E-state index in [1.807, 2.05) is 13.8 Å². The zero-order valence-electron chi connectivity index (χ0n) is 13.2. The second-order valence-electron chi connectivity index (χ2n) is 5.81. The molecule has 0 radical (unpaired) electrons. The Hall–Kier alpha value is -1.77. The lowest BCUT2D eigenvalue weighted by molar-refractivity contribution is -0.140. The quantitative estimate of drug-likeness (QED) is 0.601. The summed E-state index contributed by atoms with van der Waals surface area (Å²) in [5, 5.41) is 16.8. The molecule has 4 N–H and O–H groups in total. The van der Waals surface area contributed by atoms with Crippen molar-refractivity contribution in [1.29, 1.82) is 0 Å². The smallest absolute Gasteiger partial charge is 0.320 e. The molecule has 0 fully saturated rings. The van der Waals surface area contributed by atoms with Crippen molar-refractivity contribution in [3.8, 4) is 0 Å². The van der Waals surface area contributed by atoms with Gasteiger partial charge in [0.25, 0.3) is 0 Å². The molecule has 0 aliphatic heterocycles. The van der Waals surface area contributed by atoms with Crippen molar-refractivity contribution >= 4 is 21.8 Å². The first-order valence-electron chi connectivity index (χ1n) is 7.19. The van der Waals surface area contributed by atoms with Gasteiger partial charge in [0.15, 0.2) is 5.78 Å². The largest absolute Gasteiger partial charge is 0.480 e. The van der Waals surface area contributed by atoms with Crippen molar-refractivity contribution < 1.29 is 23.1 Å². The number of primary sulfonamides is 1. The van der Waals surface area contributed by atoms with Gasteiger partial charge >= 0.3 is 5.97 Å². The van der Waals surface area contributed by atoms with Crippen LogP contribution in [0, 0.1) is 5.92 Å². The summed E-state index contributed by atoms with van der Waals surface area (Å²) in [6, 6.07) is 4.94. The summed E-state index contributed by atoms with van der Waals surface area (Å²) in [5.41, 5.74) is 0.639. The molecule has 8 heteroatoms. The Morgan fingerprint density at radius 2 is 1.78 bits per heavy atom. The molecule has 1 atom stereocenters. The van der Waals surface area contributed by atoms with Crippen molar-refractivity contribution in [2.24, 2.45) is 11.1 Å². The SMILES string of the molecule is CC(C)C[C@H](NCC(=O)Cc1ccc(S(N)(=O)=O)cc1)C(=O)O. The Morgan fingerprint density at radius 1 is 1.22 bits per heavy atom. The van der Waals surface area contributed by atoms with E-state index in [-0.39, 0.29) is 29.6 Å². The summed E-state index contributed by atoms with van der Waals surface area (Å²) < 4.78 is 22.3. The van der Waals surface area contributed by atoms with E-state index in [1.54, 1.807) is 0 Å². The topological polar surface area (TPSA) is 127 Å². The lowest BCUT2D eigenvalue weighted by atomic mass is 10.0. The normalized spacial score (nSPS) is 13.0. The molecule has 0 saturated heterocycles. The van der Waals surface area contributed by atoms with Crippen LogP contribution in [-0.2, 0) is 26.0 Å². The Labute approximate surface area is 135 Å². The molecule has 1 aromatic carbocycles. The minimum atomic E-state index is -3.75. The molecule has 0 amide bonds. The van der Waals surface area contributed by atoms with Crippen LogP contribution in [0.2, 0.25) is 0 Å². The fourth-order valence-electron chi connectivity index (χ4n) is 2.07. The number of benzene rings is 1. The van der Waals surface area contributed by atoms with E-state index >= 15 is 0 Å². The van der Waals surface area contributed by atoms with Crippen molar-refractivity contribution in [2.75, 3.05) is 6.54 Å². The van der Waals surface area contributed by atoms with Crippen LogP contribution in [0.15, 0.2) is 29.2 Å². The standard InChI is InChI=1S/C15H22N2O5S/c1-10(2)7-14(15(19)20)17-9-12(18)8-11-3-5-13(6-4-11)23(16,21)22/h3-6,10,14,17H,7-9H2,1-2H3,(H,19,20)(H2,16,21,22)/t14-/m0/s1. The van der Waals surface area contributed by atoms with E-state index < -0.39 is 22.0 Å². The average molecular weight is 342 g/mol. The first-order chi connectivity index (χ1) is 10.6. The highest BCUT2D eigenvalue weighted by Crippen LogP contribution is 2.10. The fourth-order valence-corrected chi connectivity index (χ4v) is 2.58. The summed E-state index contributed by atoms with van der Waals surface area (Å²) in [6.07, 6.45) is 0.525. The number of sulfonamides is 1. The molecule has 0 aromatic heterocycles. The number of hydrogen-bond acceptors (Lipinski definition) is 5. The van der Waals surface area contributed by atoms with E-state index in [1.165, 1.54) is 24.3 Å². The van der Waals surface area contributed by atoms with Crippen LogP contribution in [0.3, 0.4) is 0 Å². The predicted molar refractivity (Wildman–Crippen MR) is 85.4 cm³/mol. The molecule has 0 spiro atoms. The highest BCUT2D eigenvalue weighted by molar-refractivity contribution is 7.89. The van der Waals surface area contributed by atoms with Crippen molar-refractivity contribution in [3.05, 3.63) is 29.8 Å². The highest BCUT2D eigenvalue weighted by Gasteiger charge is 2.19. The number of hydrogen-bond donors (Lipinski definition) is 3. The van der Waals surface area contributed by atoms with Crippen LogP contribution in [0.4, 0.5) is 0 Å². The summed E-state index contributed by atoms with van der Waals surface area (Å²) in [7, 11) is -3.75. The number of nitrogens with one attached hydrogen (secondary N) is 1. The number of carboxylic acid groups (broad SMARTS) is 1. The van der Waals surface area contributed by atoms with E-state index in [0.29, 0.717) is 12.0 Å². The highest BCUT2D eigenvalue weighted by atomic mass is 32.2. The maximum absolute atomic E-state index is 11.9. The van der Waals surface area contributed by atoms with Gasteiger partial charge in [0.2, 0.25) is 10.0 Å². The summed E-state index contributed by atoms with van der Waals surface area (Å²) in [6.45, 7) is 3.76. The molecule has 128 valence electrons. The number of ketones is 1. The number of aliphatic carboxylic acids is 1. The predicted octanol–water partition coefficient (Wildman–Crippen LogP) is 0.535. The number of carbonyl (C=O) groups is 2. The van der Waals surface area contributed by atoms with E-state index in [2.05, 4.69) is 5.32 Å². The van der Waals surface area contributed by atoms with Gasteiger partial charge in [-0.15, -0.1) is 0 Å². The zero-order chi connectivity index (χ0) is 17.6. The molecule has 0 aliphatic rings. The van der Waals surface area contributed by atoms with Gasteiger partial charge in [-0.25, -0.2) is 13.6 Å². The molecular weight excluding hydrogens is 320 g/mol. The molecule has 23 heavy (non-hydrogen) atoms. The van der Waals surface area contributed by atoms with Gasteiger partial charge in [0.05, 0.1) is 11.4 Å². The first kappa shape index (κ1) is 19.3. The van der Waals surface area contributed by atoms with Gasteiger partial charge in [-0.1, -0.05) is 26.0 Å². The number of rotatable bonds is 9. The second kappa shape index (κ2) is 8.19. The van der Waals surface area contributed by atoms with Crippen molar-refractivity contribution in [1.82, 2.24) is 5.32 Å². The molecule has 1 rings (SSSR count). The first-order valence-corrected chi connectivity index (χ1v) is 8.74. The Kier molecular flexibility index (Phi) is 6.86. The number of nitrogens with two attached hydrogens (primary N) is 1. The molecule has 1 aromatic rings. The third-order valence-corrected chi connectivity index (χ3v) is 4.13. The molecule has 0 aliphatic carbocycles. The van der Waals surface area contributed by atoms with Crippen LogP contribution >= 0.6 is 0 Å². The second-order valence-corrected chi connectivity index (χ2v) is 7.37. The van der Waals surface area contributed by atoms with E-state index in [9.17, 15) is 18.0 Å². The zero-order valence-corrected chi connectivity index (χ0v) is 14.0. The molecule has 0 heterocycles. The molecule has 0 unspecified atom stereocenters. The Morgan fingerprint density at radius 3 is 2.22 bits per heavy atom. The maximum Gasteiger partial charge on any atom is 0.320 e. The van der Waals surface area contributed by atoms with Gasteiger partial charge in [0, 0.05) is 6.42 Å². The molecular formula is C15H22N2O5S. The minimum absolute atomic E-state index is 0.0188. The number of carbonyl (C=O) groups excluding carboxylic acids is 1. The number of carboxylic acids is 1. The van der Waals surface area contributed by atoms with Crippen LogP contribution in [0.5, 0.6) is 0 Å².